The fraction of sp³-hybridized carbons (Fsp3) is 0.588. The van der Waals surface area contributed by atoms with Gasteiger partial charge in [0.25, 0.3) is 5.91 Å². The van der Waals surface area contributed by atoms with Crippen molar-refractivity contribution < 1.29 is 9.90 Å². The summed E-state index contributed by atoms with van der Waals surface area (Å²) in [6.07, 6.45) is 2.47. The van der Waals surface area contributed by atoms with Crippen molar-refractivity contribution in [3.05, 3.63) is 29.8 Å². The molecule has 0 atom stereocenters. The van der Waals surface area contributed by atoms with E-state index >= 15 is 0 Å². The van der Waals surface area contributed by atoms with Crippen molar-refractivity contribution >= 4 is 11.6 Å². The van der Waals surface area contributed by atoms with Crippen LogP contribution in [0.1, 0.15) is 43.5 Å². The highest BCUT2D eigenvalue weighted by atomic mass is 16.3. The van der Waals surface area contributed by atoms with Gasteiger partial charge in [-0.15, -0.1) is 0 Å². The second-order valence-electron chi connectivity index (χ2n) is 6.20. The summed E-state index contributed by atoms with van der Waals surface area (Å²) >= 11 is 0. The molecule has 2 rings (SSSR count). The predicted octanol–water partition coefficient (Wildman–Crippen LogP) is 2.42. The molecule has 0 aliphatic carbocycles. The number of piperidine rings is 1. The van der Waals surface area contributed by atoms with Crippen molar-refractivity contribution in [1.29, 1.82) is 0 Å². The molecule has 0 spiro atoms. The third-order valence-electron chi connectivity index (χ3n) is 3.97. The normalized spacial score (nSPS) is 16.3. The summed E-state index contributed by atoms with van der Waals surface area (Å²) in [6.45, 7) is 6.78. The first-order valence-electron chi connectivity index (χ1n) is 7.87. The van der Waals surface area contributed by atoms with E-state index in [0.717, 1.165) is 44.6 Å². The van der Waals surface area contributed by atoms with Crippen LogP contribution >= 0.6 is 0 Å². The zero-order chi connectivity index (χ0) is 15.2. The summed E-state index contributed by atoms with van der Waals surface area (Å²) in [5.74, 6) is 0.596. The molecule has 21 heavy (non-hydrogen) atoms. The number of rotatable bonds is 5. The molecule has 2 N–H and O–H groups in total. The van der Waals surface area contributed by atoms with Crippen molar-refractivity contribution in [2.24, 2.45) is 5.92 Å². The van der Waals surface area contributed by atoms with Crippen LogP contribution in [0.2, 0.25) is 0 Å². The van der Waals surface area contributed by atoms with E-state index in [4.69, 9.17) is 0 Å². The topological polar surface area (TPSA) is 52.6 Å². The Morgan fingerprint density at radius 2 is 1.90 bits per heavy atom. The van der Waals surface area contributed by atoms with E-state index in [0.29, 0.717) is 11.5 Å². The Labute approximate surface area is 127 Å². The minimum atomic E-state index is -0.160. The van der Waals surface area contributed by atoms with Crippen molar-refractivity contribution in [1.82, 2.24) is 5.32 Å². The standard InChI is InChI=1S/C17H26N2O2/c1-13(2)7-10-18-17(21)14-3-5-15(6-4-14)19-11-8-16(20)9-12-19/h3-6,13,16,20H,7-12H2,1-2H3,(H,18,21). The molecular weight excluding hydrogens is 264 g/mol. The maximum Gasteiger partial charge on any atom is 0.251 e. The van der Waals surface area contributed by atoms with Crippen LogP contribution < -0.4 is 10.2 Å². The number of benzene rings is 1. The number of carbonyl (C=O) groups is 1. The number of hydrogen-bond donors (Lipinski definition) is 2. The van der Waals surface area contributed by atoms with Crippen molar-refractivity contribution in [3.8, 4) is 0 Å². The number of anilines is 1. The minimum absolute atomic E-state index is 0.00346. The SMILES string of the molecule is CC(C)CCNC(=O)c1ccc(N2CCC(O)CC2)cc1. The second kappa shape index (κ2) is 7.46. The average molecular weight is 290 g/mol. The highest BCUT2D eigenvalue weighted by Crippen LogP contribution is 2.20. The number of aliphatic hydroxyl groups is 1. The van der Waals surface area contributed by atoms with Gasteiger partial charge in [-0.2, -0.15) is 0 Å². The summed E-state index contributed by atoms with van der Waals surface area (Å²) in [4.78, 5) is 14.3. The smallest absolute Gasteiger partial charge is 0.251 e. The lowest BCUT2D eigenvalue weighted by Gasteiger charge is -2.31. The molecule has 1 aromatic carbocycles. The molecule has 0 aromatic heterocycles. The third-order valence-corrected chi connectivity index (χ3v) is 3.97. The highest BCUT2D eigenvalue weighted by molar-refractivity contribution is 5.94. The molecule has 1 amide bonds. The maximum atomic E-state index is 12.0. The Balaban J connectivity index is 1.88. The maximum absolute atomic E-state index is 12.0. The number of amides is 1. The molecule has 1 fully saturated rings. The van der Waals surface area contributed by atoms with Gasteiger partial charge in [0.1, 0.15) is 0 Å². The first kappa shape index (κ1) is 15.8. The lowest BCUT2D eigenvalue weighted by atomic mass is 10.1. The predicted molar refractivity (Wildman–Crippen MR) is 85.7 cm³/mol. The first-order chi connectivity index (χ1) is 10.1. The van der Waals surface area contributed by atoms with Crippen molar-refractivity contribution in [2.75, 3.05) is 24.5 Å². The summed E-state index contributed by atoms with van der Waals surface area (Å²) in [5, 5.41) is 12.5. The van der Waals surface area contributed by atoms with Crippen LogP contribution in [0, 0.1) is 5.92 Å². The van der Waals surface area contributed by atoms with E-state index < -0.39 is 0 Å². The lowest BCUT2D eigenvalue weighted by Crippen LogP contribution is -2.35. The van der Waals surface area contributed by atoms with E-state index in [2.05, 4.69) is 24.1 Å². The van der Waals surface area contributed by atoms with E-state index in [1.54, 1.807) is 0 Å². The van der Waals surface area contributed by atoms with Gasteiger partial charge in [-0.25, -0.2) is 0 Å². The molecule has 0 bridgehead atoms. The van der Waals surface area contributed by atoms with Crippen LogP contribution in [-0.2, 0) is 0 Å². The van der Waals surface area contributed by atoms with E-state index in [1.165, 1.54) is 0 Å². The molecule has 4 heteroatoms. The van der Waals surface area contributed by atoms with Crippen LogP contribution in [-0.4, -0.2) is 36.8 Å². The molecule has 4 nitrogen and oxygen atoms in total. The summed E-state index contributed by atoms with van der Waals surface area (Å²) in [6, 6.07) is 7.75. The Bertz CT molecular complexity index is 448. The van der Waals surface area contributed by atoms with Gasteiger partial charge in [0, 0.05) is 30.9 Å². The summed E-state index contributed by atoms with van der Waals surface area (Å²) in [7, 11) is 0. The Morgan fingerprint density at radius 3 is 2.48 bits per heavy atom. The van der Waals surface area contributed by atoms with Gasteiger partial charge in [0.05, 0.1) is 6.10 Å². The molecular formula is C17H26N2O2. The van der Waals surface area contributed by atoms with Crippen molar-refractivity contribution in [3.63, 3.8) is 0 Å². The zero-order valence-corrected chi connectivity index (χ0v) is 13.0. The highest BCUT2D eigenvalue weighted by Gasteiger charge is 2.17. The van der Waals surface area contributed by atoms with E-state index in [9.17, 15) is 9.90 Å². The van der Waals surface area contributed by atoms with Gasteiger partial charge in [-0.05, 0) is 49.4 Å². The quantitative estimate of drug-likeness (QED) is 0.875. The first-order valence-corrected chi connectivity index (χ1v) is 7.87. The number of nitrogens with zero attached hydrogens (tertiary/aromatic N) is 1. The van der Waals surface area contributed by atoms with E-state index in [-0.39, 0.29) is 12.0 Å². The number of carbonyl (C=O) groups excluding carboxylic acids is 1. The molecule has 1 aromatic rings. The summed E-state index contributed by atoms with van der Waals surface area (Å²) in [5.41, 5.74) is 1.83. The number of hydrogen-bond acceptors (Lipinski definition) is 3. The second-order valence-corrected chi connectivity index (χ2v) is 6.20. The zero-order valence-electron chi connectivity index (χ0n) is 13.0. The molecule has 1 aliphatic heterocycles. The Hall–Kier alpha value is -1.55. The molecule has 0 unspecified atom stereocenters. The fourth-order valence-electron chi connectivity index (χ4n) is 2.52. The Morgan fingerprint density at radius 1 is 1.29 bits per heavy atom. The number of aliphatic hydroxyl groups excluding tert-OH is 1. The molecule has 1 aliphatic rings. The van der Waals surface area contributed by atoms with Crippen molar-refractivity contribution in [2.45, 2.75) is 39.2 Å². The largest absolute Gasteiger partial charge is 0.393 e. The molecule has 116 valence electrons. The van der Waals surface area contributed by atoms with Gasteiger partial charge in [-0.1, -0.05) is 13.8 Å². The van der Waals surface area contributed by atoms with Gasteiger partial charge in [0.15, 0.2) is 0 Å². The Kier molecular flexibility index (Phi) is 5.62. The van der Waals surface area contributed by atoms with E-state index in [1.807, 2.05) is 24.3 Å². The minimum Gasteiger partial charge on any atom is -0.393 e. The van der Waals surface area contributed by atoms with Gasteiger partial charge in [-0.3, -0.25) is 4.79 Å². The van der Waals surface area contributed by atoms with Gasteiger partial charge < -0.3 is 15.3 Å². The fourth-order valence-corrected chi connectivity index (χ4v) is 2.52. The van der Waals surface area contributed by atoms with Crippen LogP contribution in [0.15, 0.2) is 24.3 Å². The molecule has 1 saturated heterocycles. The number of nitrogens with one attached hydrogen (secondary N) is 1. The lowest BCUT2D eigenvalue weighted by molar-refractivity contribution is 0.0952. The molecule has 1 heterocycles. The van der Waals surface area contributed by atoms with Crippen LogP contribution in [0.4, 0.5) is 5.69 Å². The van der Waals surface area contributed by atoms with Gasteiger partial charge >= 0.3 is 0 Å². The van der Waals surface area contributed by atoms with Crippen LogP contribution in [0.5, 0.6) is 0 Å². The summed E-state index contributed by atoms with van der Waals surface area (Å²) < 4.78 is 0. The van der Waals surface area contributed by atoms with Crippen LogP contribution in [0.25, 0.3) is 0 Å². The average Bonchev–Trinajstić information content (AvgIpc) is 2.48. The van der Waals surface area contributed by atoms with Gasteiger partial charge in [0.2, 0.25) is 0 Å². The third kappa shape index (κ3) is 4.74. The van der Waals surface area contributed by atoms with Crippen LogP contribution in [0.3, 0.4) is 0 Å². The molecule has 0 radical (unpaired) electrons. The molecule has 0 saturated carbocycles. The monoisotopic (exact) mass is 290 g/mol.